The molecule has 3 aromatic heterocycles. The van der Waals surface area contributed by atoms with Gasteiger partial charge in [0.15, 0.2) is 17.2 Å². The number of anilines is 1. The Morgan fingerprint density at radius 1 is 1.10 bits per heavy atom. The van der Waals surface area contributed by atoms with E-state index in [4.69, 9.17) is 20.6 Å². The molecule has 5 aromatic rings. The fourth-order valence-electron chi connectivity index (χ4n) is 5.17. The Morgan fingerprint density at radius 2 is 1.90 bits per heavy atom. The van der Waals surface area contributed by atoms with Crippen LogP contribution in [0, 0.1) is 11.6 Å². The summed E-state index contributed by atoms with van der Waals surface area (Å²) >= 11 is 0. The van der Waals surface area contributed by atoms with Crippen molar-refractivity contribution in [2.75, 3.05) is 12.8 Å². The second-order valence-corrected chi connectivity index (χ2v) is 9.74. The van der Waals surface area contributed by atoms with Crippen molar-refractivity contribution in [3.8, 4) is 28.1 Å². The Balaban J connectivity index is 1.62. The maximum absolute atomic E-state index is 14.7. The molecule has 3 atom stereocenters. The number of alkyl halides is 1. The highest BCUT2D eigenvalue weighted by atomic mass is 19.1. The first-order valence-corrected chi connectivity index (χ1v) is 12.8. The molecule has 41 heavy (non-hydrogen) atoms. The highest BCUT2D eigenvalue weighted by Gasteiger charge is 2.31. The van der Waals surface area contributed by atoms with Crippen LogP contribution in [-0.2, 0) is 0 Å². The van der Waals surface area contributed by atoms with Gasteiger partial charge in [-0.2, -0.15) is 5.10 Å². The quantitative estimate of drug-likeness (QED) is 0.318. The van der Waals surface area contributed by atoms with Gasteiger partial charge in [-0.1, -0.05) is 12.1 Å². The predicted molar refractivity (Wildman–Crippen MR) is 148 cm³/mol. The van der Waals surface area contributed by atoms with Crippen LogP contribution < -0.4 is 16.0 Å². The number of fused-ring (bicyclic) bond motifs is 2. The van der Waals surface area contributed by atoms with E-state index in [-0.39, 0.29) is 34.2 Å². The van der Waals surface area contributed by atoms with Crippen LogP contribution in [0.5, 0.6) is 5.75 Å². The second-order valence-electron chi connectivity index (χ2n) is 9.74. The molecule has 9 nitrogen and oxygen atoms in total. The molecule has 6 rings (SSSR count). The van der Waals surface area contributed by atoms with Gasteiger partial charge in [0.25, 0.3) is 5.56 Å². The molecule has 3 unspecified atom stereocenters. The number of rotatable bonds is 5. The Morgan fingerprint density at radius 3 is 2.63 bits per heavy atom. The molecule has 12 heteroatoms. The van der Waals surface area contributed by atoms with Crippen LogP contribution in [0.15, 0.2) is 59.7 Å². The zero-order valence-electron chi connectivity index (χ0n) is 22.2. The van der Waals surface area contributed by atoms with E-state index in [9.17, 15) is 18.0 Å². The van der Waals surface area contributed by atoms with Crippen molar-refractivity contribution in [2.24, 2.45) is 0 Å². The molecular formula is C29H24F3N7O2. The summed E-state index contributed by atoms with van der Waals surface area (Å²) in [5.41, 5.74) is 7.37. The fraction of sp³-hybridized carbons (Fsp3) is 0.207. The maximum Gasteiger partial charge on any atom is 0.262 e. The van der Waals surface area contributed by atoms with Gasteiger partial charge >= 0.3 is 0 Å². The van der Waals surface area contributed by atoms with Gasteiger partial charge < -0.3 is 10.5 Å². The fourth-order valence-corrected chi connectivity index (χ4v) is 5.17. The Bertz CT molecular complexity index is 1920. The van der Waals surface area contributed by atoms with Gasteiger partial charge in [-0.05, 0) is 61.9 Å². The number of allylic oxidation sites excluding steroid dienone is 1. The van der Waals surface area contributed by atoms with Gasteiger partial charge in [-0.25, -0.2) is 32.8 Å². The van der Waals surface area contributed by atoms with Crippen LogP contribution in [0.4, 0.5) is 19.0 Å². The minimum atomic E-state index is -1.40. The summed E-state index contributed by atoms with van der Waals surface area (Å²) in [6.07, 6.45) is 2.67. The molecule has 0 amide bonds. The summed E-state index contributed by atoms with van der Waals surface area (Å²) in [5.74, 6) is -0.712. The first-order chi connectivity index (χ1) is 19.7. The summed E-state index contributed by atoms with van der Waals surface area (Å²) in [5, 5.41) is 5.11. The van der Waals surface area contributed by atoms with Crippen LogP contribution in [0.1, 0.15) is 37.4 Å². The number of halogens is 3. The number of nitrogen functional groups attached to an aromatic ring is 1. The lowest BCUT2D eigenvalue weighted by molar-refractivity contribution is 0.283. The summed E-state index contributed by atoms with van der Waals surface area (Å²) in [7, 11) is 1.36. The molecule has 0 bridgehead atoms. The number of nitrogens with zero attached hydrogens (tertiary/aromatic N) is 6. The molecule has 1 aliphatic rings. The van der Waals surface area contributed by atoms with Gasteiger partial charge in [0.05, 0.1) is 35.8 Å². The van der Waals surface area contributed by atoms with E-state index in [0.29, 0.717) is 22.3 Å². The molecular weight excluding hydrogens is 535 g/mol. The Hall–Kier alpha value is -5.00. The first-order valence-electron chi connectivity index (χ1n) is 12.8. The van der Waals surface area contributed by atoms with E-state index in [1.54, 1.807) is 26.0 Å². The number of nitrogens with two attached hydrogens (primary N) is 1. The molecule has 1 aliphatic heterocycles. The molecule has 2 aromatic carbocycles. The molecule has 0 spiro atoms. The van der Waals surface area contributed by atoms with Crippen LogP contribution in [-0.4, -0.2) is 42.6 Å². The van der Waals surface area contributed by atoms with Crippen LogP contribution >= 0.6 is 0 Å². The van der Waals surface area contributed by atoms with Gasteiger partial charge in [-0.3, -0.25) is 9.36 Å². The minimum Gasteiger partial charge on any atom is -0.494 e. The zero-order chi connectivity index (χ0) is 29.0. The van der Waals surface area contributed by atoms with Crippen molar-refractivity contribution in [1.29, 1.82) is 0 Å². The third kappa shape index (κ3) is 4.22. The molecule has 0 saturated heterocycles. The topological polar surface area (TPSA) is 114 Å². The SMILES string of the molecule is COc1ccc(-c2nn(C(C)c3nc4n(c(=O)c3-c3cccc(F)c3)C(C)C(F)C=C4)c3ncnc(N)c23)cc1F. The van der Waals surface area contributed by atoms with E-state index >= 15 is 0 Å². The number of methoxy groups -OCH3 is 1. The van der Waals surface area contributed by atoms with Gasteiger partial charge in [0.1, 0.15) is 35.7 Å². The summed E-state index contributed by atoms with van der Waals surface area (Å²) in [6, 6.07) is 8.36. The molecule has 0 fully saturated rings. The standard InChI is InChI=1S/C29H24F3N7O2/c1-14-19(31)8-10-22-36-25(23(29(40)38(14)22)16-5-4-6-18(30)11-16)15(2)39-28-24(27(33)34-13-35-28)26(37-39)17-7-9-21(41-3)20(32)12-17/h4-15,19H,1-3H3,(H2,33,34,35). The summed E-state index contributed by atoms with van der Waals surface area (Å²) in [6.45, 7) is 3.33. The average Bonchev–Trinajstić information content (AvgIpc) is 3.35. The summed E-state index contributed by atoms with van der Waals surface area (Å²) < 4.78 is 51.5. The van der Waals surface area contributed by atoms with Gasteiger partial charge in [-0.15, -0.1) is 0 Å². The van der Waals surface area contributed by atoms with Crippen LogP contribution in [0.3, 0.4) is 0 Å². The lowest BCUT2D eigenvalue weighted by atomic mass is 9.99. The van der Waals surface area contributed by atoms with Crippen molar-refractivity contribution < 1.29 is 17.9 Å². The number of hydrogen-bond acceptors (Lipinski definition) is 7. The maximum atomic E-state index is 14.7. The molecule has 0 saturated carbocycles. The highest BCUT2D eigenvalue weighted by Crippen LogP contribution is 2.36. The lowest BCUT2D eigenvalue weighted by Gasteiger charge is -2.26. The zero-order valence-corrected chi connectivity index (χ0v) is 22.2. The van der Waals surface area contributed by atoms with Crippen molar-refractivity contribution >= 4 is 22.9 Å². The largest absolute Gasteiger partial charge is 0.494 e. The normalized spacial score (nSPS) is 17.0. The number of ether oxygens (including phenoxy) is 1. The molecule has 0 radical (unpaired) electrons. The number of benzene rings is 2. The Kier molecular flexibility index (Phi) is 6.32. The van der Waals surface area contributed by atoms with Crippen molar-refractivity contribution in [3.63, 3.8) is 0 Å². The van der Waals surface area contributed by atoms with Gasteiger partial charge in [0, 0.05) is 5.56 Å². The van der Waals surface area contributed by atoms with Crippen molar-refractivity contribution in [1.82, 2.24) is 29.3 Å². The smallest absolute Gasteiger partial charge is 0.262 e. The van der Waals surface area contributed by atoms with Crippen LogP contribution in [0.2, 0.25) is 0 Å². The molecule has 0 aliphatic carbocycles. The number of hydrogen-bond donors (Lipinski definition) is 1. The third-order valence-electron chi connectivity index (χ3n) is 7.29. The van der Waals surface area contributed by atoms with E-state index < -0.39 is 35.4 Å². The monoisotopic (exact) mass is 559 g/mol. The lowest BCUT2D eigenvalue weighted by Crippen LogP contribution is -2.35. The van der Waals surface area contributed by atoms with E-state index in [1.807, 2.05) is 0 Å². The second kappa shape index (κ2) is 9.88. The van der Waals surface area contributed by atoms with Crippen molar-refractivity contribution in [3.05, 3.63) is 88.4 Å². The van der Waals surface area contributed by atoms with Gasteiger partial charge in [0.2, 0.25) is 0 Å². The van der Waals surface area contributed by atoms with E-state index in [1.165, 1.54) is 65.2 Å². The van der Waals surface area contributed by atoms with E-state index in [0.717, 1.165) is 0 Å². The van der Waals surface area contributed by atoms with Crippen molar-refractivity contribution in [2.45, 2.75) is 32.1 Å². The first kappa shape index (κ1) is 26.2. The third-order valence-corrected chi connectivity index (χ3v) is 7.29. The molecule has 208 valence electrons. The predicted octanol–water partition coefficient (Wildman–Crippen LogP) is 5.12. The molecule has 2 N–H and O–H groups in total. The average molecular weight is 560 g/mol. The summed E-state index contributed by atoms with van der Waals surface area (Å²) in [4.78, 5) is 27.2. The van der Waals surface area contributed by atoms with E-state index in [2.05, 4.69) is 9.97 Å². The molecule has 4 heterocycles. The number of aromatic nitrogens is 6. The Labute approximate surface area is 231 Å². The van der Waals surface area contributed by atoms with Crippen LogP contribution in [0.25, 0.3) is 39.5 Å². The highest BCUT2D eigenvalue weighted by molar-refractivity contribution is 5.98. The minimum absolute atomic E-state index is 0.0614.